The number of nitro benzene ring substituents is 1. The molecule has 1 N–H and O–H groups in total. The molecule has 28 heavy (non-hydrogen) atoms. The highest BCUT2D eigenvalue weighted by Gasteiger charge is 2.25. The van der Waals surface area contributed by atoms with Gasteiger partial charge in [-0.15, -0.1) is 0 Å². The van der Waals surface area contributed by atoms with E-state index in [1.54, 1.807) is 6.07 Å². The van der Waals surface area contributed by atoms with Crippen molar-refractivity contribution >= 4 is 23.3 Å². The van der Waals surface area contributed by atoms with Crippen LogP contribution >= 0.6 is 0 Å². The molecule has 1 saturated heterocycles. The normalized spacial score (nSPS) is 17.9. The highest BCUT2D eigenvalue weighted by molar-refractivity contribution is 5.93. The maximum Gasteiger partial charge on any atom is 0.338 e. The maximum atomic E-state index is 12.2. The molecule has 0 saturated carbocycles. The van der Waals surface area contributed by atoms with E-state index in [9.17, 15) is 19.7 Å². The maximum absolute atomic E-state index is 12.2. The number of hydrogen-bond donors (Lipinski definition) is 1. The fourth-order valence-electron chi connectivity index (χ4n) is 3.15. The Morgan fingerprint density at radius 2 is 2.07 bits per heavy atom. The molecule has 0 spiro atoms. The summed E-state index contributed by atoms with van der Waals surface area (Å²) in [7, 11) is 0. The number of nitrogens with one attached hydrogen (secondary N) is 1. The Morgan fingerprint density at radius 1 is 1.36 bits per heavy atom. The number of carbonyl (C=O) groups excluding carboxylic acids is 2. The van der Waals surface area contributed by atoms with Crippen LogP contribution in [0.15, 0.2) is 18.2 Å². The first-order valence-electron chi connectivity index (χ1n) is 9.69. The van der Waals surface area contributed by atoms with E-state index in [1.807, 2.05) is 25.7 Å². The zero-order chi connectivity index (χ0) is 20.8. The molecule has 8 nitrogen and oxygen atoms in total. The van der Waals surface area contributed by atoms with Crippen molar-refractivity contribution < 1.29 is 19.2 Å². The molecule has 0 bridgehead atoms. The summed E-state index contributed by atoms with van der Waals surface area (Å²) >= 11 is 0. The van der Waals surface area contributed by atoms with Gasteiger partial charge in [0, 0.05) is 25.2 Å². The summed E-state index contributed by atoms with van der Waals surface area (Å²) in [5.74, 6) is -0.436. The van der Waals surface area contributed by atoms with Gasteiger partial charge in [-0.1, -0.05) is 20.8 Å². The van der Waals surface area contributed by atoms with E-state index in [2.05, 4.69) is 12.2 Å². The van der Waals surface area contributed by atoms with E-state index >= 15 is 0 Å². The zero-order valence-electron chi connectivity index (χ0n) is 16.9. The van der Waals surface area contributed by atoms with Crippen LogP contribution in [0.25, 0.3) is 0 Å². The summed E-state index contributed by atoms with van der Waals surface area (Å²) in [6.07, 6.45) is 2.08. The Hall–Kier alpha value is -2.64. The number of esters is 1. The van der Waals surface area contributed by atoms with Crippen LogP contribution in [0.2, 0.25) is 0 Å². The van der Waals surface area contributed by atoms with Crippen LogP contribution in [0.1, 0.15) is 50.9 Å². The molecule has 8 heteroatoms. The van der Waals surface area contributed by atoms with Gasteiger partial charge in [0.2, 0.25) is 0 Å². The Bertz CT molecular complexity index is 735. The second kappa shape index (κ2) is 9.52. The summed E-state index contributed by atoms with van der Waals surface area (Å²) in [6.45, 7) is 9.02. The lowest BCUT2D eigenvalue weighted by Crippen LogP contribution is -2.38. The van der Waals surface area contributed by atoms with Crippen LogP contribution in [-0.2, 0) is 9.53 Å². The minimum atomic E-state index is -0.756. The van der Waals surface area contributed by atoms with E-state index in [4.69, 9.17) is 4.74 Å². The van der Waals surface area contributed by atoms with E-state index in [1.165, 1.54) is 12.1 Å². The number of hydrogen-bond acceptors (Lipinski definition) is 6. The van der Waals surface area contributed by atoms with Gasteiger partial charge in [0.25, 0.3) is 11.6 Å². The van der Waals surface area contributed by atoms with Gasteiger partial charge in [0.1, 0.15) is 5.69 Å². The van der Waals surface area contributed by atoms with Crippen LogP contribution in [0.4, 0.5) is 11.4 Å². The number of ether oxygens (including phenoxy) is 1. The van der Waals surface area contributed by atoms with E-state index in [0.717, 1.165) is 25.9 Å². The smallest absolute Gasteiger partial charge is 0.338 e. The molecule has 2 rings (SSSR count). The number of nitrogens with zero attached hydrogens (tertiary/aromatic N) is 2. The van der Waals surface area contributed by atoms with Gasteiger partial charge in [0.15, 0.2) is 6.61 Å². The summed E-state index contributed by atoms with van der Waals surface area (Å²) in [5, 5.41) is 14.3. The molecule has 0 aliphatic carbocycles. The molecule has 1 aliphatic rings. The average Bonchev–Trinajstić information content (AvgIpc) is 2.65. The van der Waals surface area contributed by atoms with Crippen LogP contribution in [0, 0.1) is 22.0 Å². The SMILES string of the molecule is CC(C)[C@H](C)NC(=O)COC(=O)c1ccc(N2CCC[C@@H](C)C2)c([N+](=O)[O-])c1. The van der Waals surface area contributed by atoms with Gasteiger partial charge < -0.3 is 15.0 Å². The molecular formula is C20H29N3O5. The number of nitro groups is 1. The Kier molecular flexibility index (Phi) is 7.37. The number of anilines is 1. The monoisotopic (exact) mass is 391 g/mol. The predicted molar refractivity (Wildman–Crippen MR) is 106 cm³/mol. The molecule has 1 aromatic rings. The van der Waals surface area contributed by atoms with E-state index < -0.39 is 23.4 Å². The molecule has 1 aliphatic heterocycles. The van der Waals surface area contributed by atoms with E-state index in [0.29, 0.717) is 11.6 Å². The van der Waals surface area contributed by atoms with Gasteiger partial charge in [-0.3, -0.25) is 14.9 Å². The number of amides is 1. The Labute approximate surface area is 165 Å². The summed E-state index contributed by atoms with van der Waals surface area (Å²) in [6, 6.07) is 4.29. The molecule has 2 atom stereocenters. The average molecular weight is 391 g/mol. The van der Waals surface area contributed by atoms with Gasteiger partial charge in [-0.2, -0.15) is 0 Å². The largest absolute Gasteiger partial charge is 0.452 e. The van der Waals surface area contributed by atoms with E-state index in [-0.39, 0.29) is 23.2 Å². The summed E-state index contributed by atoms with van der Waals surface area (Å²) in [5.41, 5.74) is 0.447. The second-order valence-corrected chi connectivity index (χ2v) is 7.83. The molecule has 1 amide bonds. The van der Waals surface area contributed by atoms with Gasteiger partial charge in [-0.25, -0.2) is 4.79 Å². The molecule has 0 unspecified atom stereocenters. The third-order valence-corrected chi connectivity index (χ3v) is 5.13. The first-order valence-corrected chi connectivity index (χ1v) is 9.69. The number of carbonyl (C=O) groups is 2. The van der Waals surface area contributed by atoms with Crippen molar-refractivity contribution in [3.05, 3.63) is 33.9 Å². The minimum Gasteiger partial charge on any atom is -0.452 e. The van der Waals surface area contributed by atoms with Crippen molar-refractivity contribution in [2.24, 2.45) is 11.8 Å². The number of benzene rings is 1. The zero-order valence-corrected chi connectivity index (χ0v) is 16.9. The second-order valence-electron chi connectivity index (χ2n) is 7.83. The third-order valence-electron chi connectivity index (χ3n) is 5.13. The lowest BCUT2D eigenvalue weighted by Gasteiger charge is -2.32. The molecule has 154 valence electrons. The standard InChI is InChI=1S/C20H29N3O5/c1-13(2)15(4)21-19(24)12-28-20(25)16-7-8-17(18(10-16)23(26)27)22-9-5-6-14(3)11-22/h7-8,10,13-15H,5-6,9,11-12H2,1-4H3,(H,21,24)/t14-,15+/m1/s1. The molecule has 1 aromatic carbocycles. The fraction of sp³-hybridized carbons (Fsp3) is 0.600. The number of piperidine rings is 1. The highest BCUT2D eigenvalue weighted by Crippen LogP contribution is 2.32. The van der Waals surface area contributed by atoms with Crippen LogP contribution < -0.4 is 10.2 Å². The molecule has 0 aromatic heterocycles. The first kappa shape index (κ1) is 21.7. The van der Waals surface area contributed by atoms with Crippen molar-refractivity contribution in [1.29, 1.82) is 0 Å². The molecule has 0 radical (unpaired) electrons. The Balaban J connectivity index is 2.07. The minimum absolute atomic E-state index is 0.0430. The summed E-state index contributed by atoms with van der Waals surface area (Å²) in [4.78, 5) is 37.1. The van der Waals surface area contributed by atoms with Crippen molar-refractivity contribution in [1.82, 2.24) is 5.32 Å². The fourth-order valence-corrected chi connectivity index (χ4v) is 3.15. The molecule has 1 heterocycles. The van der Waals surface area contributed by atoms with Crippen molar-refractivity contribution in [3.63, 3.8) is 0 Å². The molecular weight excluding hydrogens is 362 g/mol. The first-order chi connectivity index (χ1) is 13.2. The topological polar surface area (TPSA) is 102 Å². The van der Waals surface area contributed by atoms with Crippen molar-refractivity contribution in [2.75, 3.05) is 24.6 Å². The highest BCUT2D eigenvalue weighted by atomic mass is 16.6. The van der Waals surface area contributed by atoms with Crippen molar-refractivity contribution in [2.45, 2.75) is 46.6 Å². The third kappa shape index (κ3) is 5.68. The van der Waals surface area contributed by atoms with Crippen LogP contribution in [0.3, 0.4) is 0 Å². The van der Waals surface area contributed by atoms with Gasteiger partial charge in [-0.05, 0) is 43.7 Å². The van der Waals surface area contributed by atoms with Crippen LogP contribution in [-0.4, -0.2) is 42.5 Å². The predicted octanol–water partition coefficient (Wildman–Crippen LogP) is 3.15. The van der Waals surface area contributed by atoms with Gasteiger partial charge in [0.05, 0.1) is 10.5 Å². The lowest BCUT2D eigenvalue weighted by molar-refractivity contribution is -0.384. The lowest BCUT2D eigenvalue weighted by atomic mass is 9.99. The van der Waals surface area contributed by atoms with Crippen molar-refractivity contribution in [3.8, 4) is 0 Å². The quantitative estimate of drug-likeness (QED) is 0.435. The Morgan fingerprint density at radius 3 is 2.68 bits per heavy atom. The van der Waals surface area contributed by atoms with Crippen LogP contribution in [0.5, 0.6) is 0 Å². The molecule has 1 fully saturated rings. The summed E-state index contributed by atoms with van der Waals surface area (Å²) < 4.78 is 5.02. The van der Waals surface area contributed by atoms with Gasteiger partial charge >= 0.3 is 5.97 Å². The number of rotatable bonds is 7.